The molecule has 1 unspecified atom stereocenters. The fourth-order valence-electron chi connectivity index (χ4n) is 4.35. The topological polar surface area (TPSA) is 62.8 Å². The SMILES string of the molecule is COc1ccccc1C1(CNC(c2ccccc2)c2ncn[nH]2)CCCC1. The van der Waals surface area contributed by atoms with Crippen LogP contribution in [0, 0.1) is 0 Å². The van der Waals surface area contributed by atoms with Crippen molar-refractivity contribution in [2.24, 2.45) is 0 Å². The van der Waals surface area contributed by atoms with Crippen molar-refractivity contribution in [1.29, 1.82) is 0 Å². The second-order valence-electron chi connectivity index (χ2n) is 7.28. The van der Waals surface area contributed by atoms with Crippen molar-refractivity contribution in [3.05, 3.63) is 77.9 Å². The fraction of sp³-hybridized carbons (Fsp3) is 0.364. The molecule has 0 spiro atoms. The minimum Gasteiger partial charge on any atom is -0.496 e. The first-order valence-corrected chi connectivity index (χ1v) is 9.59. The van der Waals surface area contributed by atoms with E-state index in [0.717, 1.165) is 31.0 Å². The Morgan fingerprint density at radius 2 is 1.81 bits per heavy atom. The van der Waals surface area contributed by atoms with Crippen molar-refractivity contribution in [1.82, 2.24) is 20.5 Å². The fourth-order valence-corrected chi connectivity index (χ4v) is 4.35. The van der Waals surface area contributed by atoms with Gasteiger partial charge in [-0.05, 0) is 24.5 Å². The number of methoxy groups -OCH3 is 1. The highest BCUT2D eigenvalue weighted by Crippen LogP contribution is 2.44. The predicted octanol–water partition coefficient (Wildman–Crippen LogP) is 4.00. The summed E-state index contributed by atoms with van der Waals surface area (Å²) in [6.45, 7) is 0.869. The third-order valence-electron chi connectivity index (χ3n) is 5.72. The Hall–Kier alpha value is -2.66. The lowest BCUT2D eigenvalue weighted by atomic mass is 9.78. The van der Waals surface area contributed by atoms with Crippen molar-refractivity contribution in [2.45, 2.75) is 37.1 Å². The molecule has 1 atom stereocenters. The van der Waals surface area contributed by atoms with Crippen LogP contribution in [0.1, 0.15) is 48.7 Å². The Labute approximate surface area is 160 Å². The molecule has 0 aliphatic heterocycles. The van der Waals surface area contributed by atoms with Crippen molar-refractivity contribution in [3.63, 3.8) is 0 Å². The van der Waals surface area contributed by atoms with Gasteiger partial charge in [-0.15, -0.1) is 0 Å². The molecule has 1 aliphatic carbocycles. The van der Waals surface area contributed by atoms with Crippen LogP contribution in [0.5, 0.6) is 5.75 Å². The Morgan fingerprint density at radius 1 is 1.07 bits per heavy atom. The molecule has 4 rings (SSSR count). The van der Waals surface area contributed by atoms with Crippen LogP contribution < -0.4 is 10.1 Å². The van der Waals surface area contributed by atoms with Crippen molar-refractivity contribution < 1.29 is 4.74 Å². The Bertz CT molecular complexity index is 842. The molecule has 1 aromatic heterocycles. The van der Waals surface area contributed by atoms with Gasteiger partial charge in [-0.25, -0.2) is 4.98 Å². The van der Waals surface area contributed by atoms with Gasteiger partial charge in [-0.1, -0.05) is 61.4 Å². The van der Waals surface area contributed by atoms with E-state index in [0.29, 0.717) is 0 Å². The molecule has 0 amide bonds. The first-order valence-electron chi connectivity index (χ1n) is 9.59. The lowest BCUT2D eigenvalue weighted by Gasteiger charge is -2.33. The third kappa shape index (κ3) is 3.60. The van der Waals surface area contributed by atoms with E-state index < -0.39 is 0 Å². The van der Waals surface area contributed by atoms with Gasteiger partial charge < -0.3 is 10.1 Å². The molecule has 140 valence electrons. The van der Waals surface area contributed by atoms with E-state index in [-0.39, 0.29) is 11.5 Å². The molecule has 5 nitrogen and oxygen atoms in total. The average Bonchev–Trinajstić information content (AvgIpc) is 3.42. The van der Waals surface area contributed by atoms with Crippen LogP contribution in [-0.4, -0.2) is 28.8 Å². The lowest BCUT2D eigenvalue weighted by Crippen LogP contribution is -2.38. The Morgan fingerprint density at radius 3 is 2.52 bits per heavy atom. The van der Waals surface area contributed by atoms with Gasteiger partial charge in [0, 0.05) is 17.5 Å². The Balaban J connectivity index is 1.63. The third-order valence-corrected chi connectivity index (χ3v) is 5.72. The number of ether oxygens (including phenoxy) is 1. The van der Waals surface area contributed by atoms with E-state index in [1.807, 2.05) is 12.1 Å². The molecule has 2 N–H and O–H groups in total. The number of nitrogens with zero attached hydrogens (tertiary/aromatic N) is 2. The van der Waals surface area contributed by atoms with Crippen LogP contribution in [0.25, 0.3) is 0 Å². The smallest absolute Gasteiger partial charge is 0.145 e. The summed E-state index contributed by atoms with van der Waals surface area (Å²) in [7, 11) is 1.76. The summed E-state index contributed by atoms with van der Waals surface area (Å²) in [6, 6.07) is 18.9. The van der Waals surface area contributed by atoms with Gasteiger partial charge in [0.25, 0.3) is 0 Å². The van der Waals surface area contributed by atoms with Crippen LogP contribution in [0.2, 0.25) is 0 Å². The van der Waals surface area contributed by atoms with Gasteiger partial charge in [-0.2, -0.15) is 5.10 Å². The highest BCUT2D eigenvalue weighted by Gasteiger charge is 2.38. The Kier molecular flexibility index (Phi) is 5.21. The molecular formula is C22H26N4O. The molecule has 1 fully saturated rings. The van der Waals surface area contributed by atoms with Crippen molar-refractivity contribution in [3.8, 4) is 5.75 Å². The zero-order valence-corrected chi connectivity index (χ0v) is 15.7. The number of para-hydroxylation sites is 1. The average molecular weight is 362 g/mol. The van der Waals surface area contributed by atoms with Crippen LogP contribution in [0.3, 0.4) is 0 Å². The number of hydrogen-bond acceptors (Lipinski definition) is 4. The van der Waals surface area contributed by atoms with Crippen LogP contribution in [0.4, 0.5) is 0 Å². The summed E-state index contributed by atoms with van der Waals surface area (Å²) < 4.78 is 5.69. The molecule has 2 aromatic carbocycles. The minimum atomic E-state index is -0.0131. The summed E-state index contributed by atoms with van der Waals surface area (Å²) in [5.74, 6) is 1.83. The molecule has 1 heterocycles. The standard InChI is InChI=1S/C22H26N4O/c1-27-19-12-6-5-11-18(19)22(13-7-8-14-22)15-23-20(21-24-16-25-26-21)17-9-3-2-4-10-17/h2-6,9-12,16,20,23H,7-8,13-15H2,1H3,(H,24,25,26). The molecule has 0 bridgehead atoms. The maximum Gasteiger partial charge on any atom is 0.145 e. The highest BCUT2D eigenvalue weighted by atomic mass is 16.5. The number of H-pyrrole nitrogens is 1. The number of rotatable bonds is 7. The minimum absolute atomic E-state index is 0.0131. The predicted molar refractivity (Wildman–Crippen MR) is 106 cm³/mol. The highest BCUT2D eigenvalue weighted by molar-refractivity contribution is 5.41. The van der Waals surface area contributed by atoms with Crippen molar-refractivity contribution in [2.75, 3.05) is 13.7 Å². The van der Waals surface area contributed by atoms with Crippen molar-refractivity contribution >= 4 is 0 Å². The van der Waals surface area contributed by atoms with E-state index in [1.165, 1.54) is 24.0 Å². The van der Waals surface area contributed by atoms with Crippen LogP contribution >= 0.6 is 0 Å². The largest absolute Gasteiger partial charge is 0.496 e. The van der Waals surface area contributed by atoms with E-state index in [1.54, 1.807) is 13.4 Å². The number of hydrogen-bond donors (Lipinski definition) is 2. The summed E-state index contributed by atoms with van der Waals surface area (Å²) in [5, 5.41) is 10.9. The van der Waals surface area contributed by atoms with Crippen LogP contribution in [0.15, 0.2) is 60.9 Å². The molecular weight excluding hydrogens is 336 g/mol. The molecule has 0 saturated heterocycles. The summed E-state index contributed by atoms with van der Waals surface area (Å²) in [4.78, 5) is 4.41. The van der Waals surface area contributed by atoms with Gasteiger partial charge in [0.15, 0.2) is 0 Å². The molecule has 1 aliphatic rings. The zero-order valence-electron chi connectivity index (χ0n) is 15.7. The van der Waals surface area contributed by atoms with Gasteiger partial charge in [0.1, 0.15) is 17.9 Å². The van der Waals surface area contributed by atoms with Gasteiger partial charge in [0.2, 0.25) is 0 Å². The normalized spacial score (nSPS) is 16.9. The first kappa shape index (κ1) is 17.7. The maximum atomic E-state index is 5.69. The van der Waals surface area contributed by atoms with Gasteiger partial charge >= 0.3 is 0 Å². The quantitative estimate of drug-likeness (QED) is 0.667. The molecule has 3 aromatic rings. The molecule has 5 heteroatoms. The second-order valence-corrected chi connectivity index (χ2v) is 7.28. The van der Waals surface area contributed by atoms with E-state index in [9.17, 15) is 0 Å². The van der Waals surface area contributed by atoms with E-state index >= 15 is 0 Å². The number of aromatic amines is 1. The molecule has 1 saturated carbocycles. The summed E-state index contributed by atoms with van der Waals surface area (Å²) in [6.07, 6.45) is 6.39. The lowest BCUT2D eigenvalue weighted by molar-refractivity contribution is 0.352. The van der Waals surface area contributed by atoms with Gasteiger partial charge in [-0.3, -0.25) is 5.10 Å². The summed E-state index contributed by atoms with van der Waals surface area (Å²) in [5.41, 5.74) is 2.57. The molecule has 0 radical (unpaired) electrons. The summed E-state index contributed by atoms with van der Waals surface area (Å²) >= 11 is 0. The first-order chi connectivity index (χ1) is 13.3. The number of benzene rings is 2. The van der Waals surface area contributed by atoms with Crippen LogP contribution in [-0.2, 0) is 5.41 Å². The molecule has 27 heavy (non-hydrogen) atoms. The van der Waals surface area contributed by atoms with Gasteiger partial charge in [0.05, 0.1) is 13.2 Å². The monoisotopic (exact) mass is 362 g/mol. The van der Waals surface area contributed by atoms with E-state index in [4.69, 9.17) is 4.74 Å². The van der Waals surface area contributed by atoms with E-state index in [2.05, 4.69) is 63.0 Å². The maximum absolute atomic E-state index is 5.69. The zero-order chi connectivity index (χ0) is 18.5. The number of nitrogens with one attached hydrogen (secondary N) is 2. The number of aromatic nitrogens is 3. The second kappa shape index (κ2) is 7.92.